The van der Waals surface area contributed by atoms with Gasteiger partial charge < -0.3 is 4.57 Å². The Morgan fingerprint density at radius 3 is 2.71 bits per heavy atom. The zero-order chi connectivity index (χ0) is 19.4. The molecule has 28 heavy (non-hydrogen) atoms. The highest BCUT2D eigenvalue weighted by Crippen LogP contribution is 2.58. The highest BCUT2D eigenvalue weighted by Gasteiger charge is 2.49. The van der Waals surface area contributed by atoms with Gasteiger partial charge in [-0.25, -0.2) is 0 Å². The van der Waals surface area contributed by atoms with Crippen molar-refractivity contribution in [2.24, 2.45) is 11.8 Å². The summed E-state index contributed by atoms with van der Waals surface area (Å²) in [7, 11) is 6.27. The zero-order valence-corrected chi connectivity index (χ0v) is 17.7. The van der Waals surface area contributed by atoms with Crippen LogP contribution in [-0.4, -0.2) is 12.4 Å². The van der Waals surface area contributed by atoms with Crippen LogP contribution in [0.4, 0.5) is 0 Å². The largest absolute Gasteiger partial charge is 0.311 e. The molecule has 2 radical (unpaired) electrons. The molecule has 0 saturated heterocycles. The maximum atomic E-state index is 6.27. The average molecular weight is 381 g/mol. The minimum absolute atomic E-state index is 0.0693. The fourth-order valence-electron chi connectivity index (χ4n) is 6.12. The molecule has 1 aliphatic heterocycles. The first-order chi connectivity index (χ1) is 13.4. The predicted molar refractivity (Wildman–Crippen MR) is 122 cm³/mol. The van der Waals surface area contributed by atoms with E-state index in [2.05, 4.69) is 74.7 Å². The van der Waals surface area contributed by atoms with Crippen LogP contribution in [0, 0.1) is 11.8 Å². The summed E-state index contributed by atoms with van der Waals surface area (Å²) in [4.78, 5) is 0. The molecule has 0 saturated carbocycles. The van der Waals surface area contributed by atoms with Gasteiger partial charge in [0, 0.05) is 32.8 Å². The summed E-state index contributed by atoms with van der Waals surface area (Å²) in [5.74, 6) is 1.84. The number of aromatic nitrogens is 1. The Morgan fingerprint density at radius 2 is 1.89 bits per heavy atom. The number of hydrogen-bond donors (Lipinski definition) is 0. The fourth-order valence-corrected chi connectivity index (χ4v) is 7.37. The molecule has 2 aromatic carbocycles. The lowest BCUT2D eigenvalue weighted by atomic mass is 9.58. The molecule has 1 nitrogen and oxygen atoms in total. The van der Waals surface area contributed by atoms with E-state index in [1.807, 2.05) is 11.3 Å². The molecule has 3 unspecified atom stereocenters. The van der Waals surface area contributed by atoms with Gasteiger partial charge in [0.05, 0.1) is 10.2 Å². The first-order valence-electron chi connectivity index (χ1n) is 10.3. The maximum Gasteiger partial charge on any atom is 0.113 e. The average Bonchev–Trinajstić information content (AvgIpc) is 3.17. The normalized spacial score (nSPS) is 25.1. The van der Waals surface area contributed by atoms with E-state index >= 15 is 0 Å². The number of nitrogens with zero attached hydrogens (tertiary/aromatic N) is 1. The van der Waals surface area contributed by atoms with Crippen molar-refractivity contribution >= 4 is 44.9 Å². The molecule has 3 heterocycles. The van der Waals surface area contributed by atoms with Crippen LogP contribution >= 0.6 is 11.3 Å². The van der Waals surface area contributed by atoms with E-state index in [0.29, 0.717) is 17.8 Å². The summed E-state index contributed by atoms with van der Waals surface area (Å²) < 4.78 is 5.50. The van der Waals surface area contributed by atoms with E-state index in [-0.39, 0.29) is 5.41 Å². The third-order valence-corrected chi connectivity index (χ3v) is 8.81. The van der Waals surface area contributed by atoms with Crippen LogP contribution in [0.2, 0.25) is 0 Å². The second-order valence-corrected chi connectivity index (χ2v) is 10.5. The van der Waals surface area contributed by atoms with Crippen LogP contribution < -0.4 is 5.46 Å². The first kappa shape index (κ1) is 16.9. The van der Waals surface area contributed by atoms with Gasteiger partial charge in [-0.1, -0.05) is 63.5 Å². The van der Waals surface area contributed by atoms with Gasteiger partial charge in [0.2, 0.25) is 0 Å². The first-order valence-corrected chi connectivity index (χ1v) is 11.2. The van der Waals surface area contributed by atoms with Crippen molar-refractivity contribution in [1.82, 2.24) is 4.57 Å². The standard InChI is InChI=1S/C25H24BNS/c1-13-11-17-22-21(14(13)2)25(3,4)18-12-15(26)9-10-19(18)27(22)23-16-7-5-6-8-20(16)28-24(17)23/h5-10,12-14,21H,11H2,1-4H3. The number of rotatable bonds is 0. The summed E-state index contributed by atoms with van der Waals surface area (Å²) in [6, 6.07) is 15.4. The summed E-state index contributed by atoms with van der Waals surface area (Å²) in [6.45, 7) is 9.75. The zero-order valence-electron chi connectivity index (χ0n) is 16.9. The molecule has 1 aliphatic carbocycles. The van der Waals surface area contributed by atoms with Crippen molar-refractivity contribution in [3.63, 3.8) is 0 Å². The molecule has 0 fully saturated rings. The van der Waals surface area contributed by atoms with Crippen LogP contribution in [0.15, 0.2) is 42.5 Å². The Morgan fingerprint density at radius 1 is 1.11 bits per heavy atom. The van der Waals surface area contributed by atoms with Gasteiger partial charge in [0.25, 0.3) is 0 Å². The predicted octanol–water partition coefficient (Wildman–Crippen LogP) is 5.84. The minimum atomic E-state index is 0.0693. The monoisotopic (exact) mass is 381 g/mol. The summed E-state index contributed by atoms with van der Waals surface area (Å²) >= 11 is 1.98. The van der Waals surface area contributed by atoms with E-state index < -0.39 is 0 Å². The topological polar surface area (TPSA) is 4.93 Å². The molecule has 0 amide bonds. The van der Waals surface area contributed by atoms with Gasteiger partial charge in [-0.3, -0.25) is 0 Å². The SMILES string of the molecule is [B]c1ccc2c(c1)C(C)(C)C1c3c(c4sc5ccccc5c4n3-2)CC(C)C1C. The Hall–Kier alpha value is -2.00. The van der Waals surface area contributed by atoms with Gasteiger partial charge in [-0.2, -0.15) is 0 Å². The molecule has 0 spiro atoms. The summed E-state index contributed by atoms with van der Waals surface area (Å²) in [5, 5.41) is 1.39. The van der Waals surface area contributed by atoms with E-state index in [4.69, 9.17) is 7.85 Å². The lowest BCUT2D eigenvalue weighted by molar-refractivity contribution is 0.211. The third kappa shape index (κ3) is 1.89. The second-order valence-electron chi connectivity index (χ2n) is 9.49. The highest BCUT2D eigenvalue weighted by atomic mass is 32.1. The van der Waals surface area contributed by atoms with Gasteiger partial charge in [0.1, 0.15) is 7.85 Å². The molecule has 0 N–H and O–H groups in total. The number of benzene rings is 2. The van der Waals surface area contributed by atoms with E-state index in [0.717, 1.165) is 5.46 Å². The number of fused-ring (bicyclic) bond motifs is 7. The van der Waals surface area contributed by atoms with Gasteiger partial charge in [-0.15, -0.1) is 11.3 Å². The van der Waals surface area contributed by atoms with Crippen LogP contribution in [0.3, 0.4) is 0 Å². The Labute approximate surface area is 171 Å². The smallest absolute Gasteiger partial charge is 0.113 e. The van der Waals surface area contributed by atoms with Crippen LogP contribution in [0.5, 0.6) is 0 Å². The van der Waals surface area contributed by atoms with Gasteiger partial charge in [-0.05, 0) is 41.5 Å². The molecular formula is C25H24BNS. The van der Waals surface area contributed by atoms with E-state index in [1.54, 1.807) is 11.3 Å². The van der Waals surface area contributed by atoms with Gasteiger partial charge in [0.15, 0.2) is 0 Å². The fraction of sp³-hybridized carbons (Fsp3) is 0.360. The molecule has 4 aromatic rings. The quantitative estimate of drug-likeness (QED) is 0.337. The molecule has 0 bridgehead atoms. The summed E-state index contributed by atoms with van der Waals surface area (Å²) in [5.41, 5.74) is 8.24. The molecule has 3 atom stereocenters. The van der Waals surface area contributed by atoms with Crippen molar-refractivity contribution < 1.29 is 0 Å². The molecule has 2 aromatic heterocycles. The van der Waals surface area contributed by atoms with Crippen molar-refractivity contribution in [3.05, 3.63) is 59.3 Å². The molecule has 3 heteroatoms. The molecule has 2 aliphatic rings. The van der Waals surface area contributed by atoms with Crippen molar-refractivity contribution in [3.8, 4) is 5.69 Å². The van der Waals surface area contributed by atoms with Crippen LogP contribution in [-0.2, 0) is 11.8 Å². The molecule has 6 rings (SSSR count). The number of hydrogen-bond acceptors (Lipinski definition) is 1. The van der Waals surface area contributed by atoms with Crippen molar-refractivity contribution in [2.45, 2.75) is 45.4 Å². The third-order valence-electron chi connectivity index (χ3n) is 7.59. The Kier molecular flexibility index (Phi) is 3.22. The Bertz CT molecular complexity index is 1270. The maximum absolute atomic E-state index is 6.27. The Balaban J connectivity index is 1.85. The lowest BCUT2D eigenvalue weighted by Crippen LogP contribution is -2.42. The van der Waals surface area contributed by atoms with Crippen LogP contribution in [0.1, 0.15) is 50.4 Å². The summed E-state index contributed by atoms with van der Waals surface area (Å²) in [6.07, 6.45) is 1.18. The second kappa shape index (κ2) is 5.33. The van der Waals surface area contributed by atoms with Crippen LogP contribution in [0.25, 0.3) is 26.0 Å². The minimum Gasteiger partial charge on any atom is -0.311 e. The van der Waals surface area contributed by atoms with E-state index in [1.165, 1.54) is 38.0 Å². The lowest BCUT2D eigenvalue weighted by Gasteiger charge is -2.49. The van der Waals surface area contributed by atoms with Gasteiger partial charge >= 0.3 is 0 Å². The molecule has 138 valence electrons. The highest BCUT2D eigenvalue weighted by molar-refractivity contribution is 7.26. The van der Waals surface area contributed by atoms with Crippen molar-refractivity contribution in [1.29, 1.82) is 0 Å². The number of thiophene rings is 1. The molecular weight excluding hydrogens is 357 g/mol. The van der Waals surface area contributed by atoms with E-state index in [9.17, 15) is 0 Å². The van der Waals surface area contributed by atoms with Crippen molar-refractivity contribution in [2.75, 3.05) is 0 Å².